The van der Waals surface area contributed by atoms with E-state index in [1.54, 1.807) is 19.2 Å². The van der Waals surface area contributed by atoms with Crippen LogP contribution in [0.1, 0.15) is 11.6 Å². The summed E-state index contributed by atoms with van der Waals surface area (Å²) in [6.07, 6.45) is 0. The lowest BCUT2D eigenvalue weighted by Gasteiger charge is -2.38. The van der Waals surface area contributed by atoms with E-state index in [2.05, 4.69) is 20.4 Å². The summed E-state index contributed by atoms with van der Waals surface area (Å²) < 4.78 is 23.9. The summed E-state index contributed by atoms with van der Waals surface area (Å²) >= 11 is 0. The number of nitrogens with one attached hydrogen (secondary N) is 2. The fourth-order valence-electron chi connectivity index (χ4n) is 4.26. The van der Waals surface area contributed by atoms with Crippen LogP contribution < -0.4 is 20.3 Å². The molecule has 2 aliphatic heterocycles. The number of rotatable bonds is 6. The number of carbonyl (C=O) groups excluding carboxylic acids is 2. The van der Waals surface area contributed by atoms with Gasteiger partial charge in [-0.25, -0.2) is 14.0 Å². The van der Waals surface area contributed by atoms with Gasteiger partial charge in [0.25, 0.3) is 0 Å². The van der Waals surface area contributed by atoms with Gasteiger partial charge >= 0.3 is 12.0 Å². The van der Waals surface area contributed by atoms with E-state index >= 15 is 0 Å². The number of hydrogen-bond acceptors (Lipinski definition) is 6. The van der Waals surface area contributed by atoms with E-state index < -0.39 is 23.9 Å². The first kappa shape index (κ1) is 22.6. The maximum atomic E-state index is 13.4. The summed E-state index contributed by atoms with van der Waals surface area (Å²) in [6, 6.07) is 12.5. The summed E-state index contributed by atoms with van der Waals surface area (Å²) in [5.74, 6) is -0.107. The van der Waals surface area contributed by atoms with Crippen molar-refractivity contribution in [2.24, 2.45) is 0 Å². The zero-order valence-corrected chi connectivity index (χ0v) is 18.6. The molecule has 0 saturated carbocycles. The number of halogens is 1. The topological polar surface area (TPSA) is 83.1 Å². The largest absolute Gasteiger partial charge is 0.495 e. The molecule has 0 aromatic heterocycles. The fourth-order valence-corrected chi connectivity index (χ4v) is 4.26. The minimum Gasteiger partial charge on any atom is -0.495 e. The van der Waals surface area contributed by atoms with Crippen molar-refractivity contribution < 1.29 is 23.5 Å². The van der Waals surface area contributed by atoms with Crippen LogP contribution in [0.2, 0.25) is 0 Å². The molecule has 8 nitrogen and oxygen atoms in total. The third-order valence-electron chi connectivity index (χ3n) is 5.94. The van der Waals surface area contributed by atoms with Gasteiger partial charge in [0.1, 0.15) is 11.6 Å². The van der Waals surface area contributed by atoms with E-state index in [1.807, 2.05) is 24.3 Å². The molecule has 0 spiro atoms. The SMILES string of the molecule is COC(=O)C1=C(CN2CCN(c3ccccc3OC)CC2)NC(=O)N[C@@H]1c1ccc(F)cc1. The quantitative estimate of drug-likeness (QED) is 0.653. The van der Waals surface area contributed by atoms with Crippen LogP contribution in [0.25, 0.3) is 0 Å². The Balaban J connectivity index is 1.54. The van der Waals surface area contributed by atoms with Gasteiger partial charge in [-0.1, -0.05) is 24.3 Å². The molecule has 0 bridgehead atoms. The molecule has 1 saturated heterocycles. The van der Waals surface area contributed by atoms with E-state index in [0.717, 1.165) is 37.6 Å². The zero-order chi connectivity index (χ0) is 23.4. The molecule has 2 aromatic carbocycles. The van der Waals surface area contributed by atoms with E-state index in [0.29, 0.717) is 23.4 Å². The Morgan fingerprint density at radius 2 is 1.76 bits per heavy atom. The Morgan fingerprint density at radius 3 is 2.42 bits per heavy atom. The zero-order valence-electron chi connectivity index (χ0n) is 18.6. The van der Waals surface area contributed by atoms with Gasteiger partial charge in [-0.3, -0.25) is 4.90 Å². The molecular weight excluding hydrogens is 427 g/mol. The second kappa shape index (κ2) is 9.91. The first-order valence-corrected chi connectivity index (χ1v) is 10.7. The lowest BCUT2D eigenvalue weighted by molar-refractivity contribution is -0.136. The predicted octanol–water partition coefficient (Wildman–Crippen LogP) is 2.44. The molecule has 2 aromatic rings. The molecule has 2 amide bonds. The van der Waals surface area contributed by atoms with E-state index in [9.17, 15) is 14.0 Å². The molecule has 2 heterocycles. The van der Waals surface area contributed by atoms with Gasteiger partial charge in [0, 0.05) is 38.4 Å². The van der Waals surface area contributed by atoms with Gasteiger partial charge in [0.2, 0.25) is 0 Å². The number of benzene rings is 2. The molecule has 9 heteroatoms. The maximum absolute atomic E-state index is 13.4. The average molecular weight is 455 g/mol. The summed E-state index contributed by atoms with van der Waals surface area (Å²) in [4.78, 5) is 29.5. The number of para-hydroxylation sites is 2. The van der Waals surface area contributed by atoms with Gasteiger partial charge in [0.15, 0.2) is 0 Å². The Kier molecular flexibility index (Phi) is 6.79. The van der Waals surface area contributed by atoms with Crippen molar-refractivity contribution in [2.45, 2.75) is 6.04 Å². The number of nitrogens with zero attached hydrogens (tertiary/aromatic N) is 2. The molecule has 1 fully saturated rings. The fraction of sp³-hybridized carbons (Fsp3) is 0.333. The molecular formula is C24H27FN4O4. The predicted molar refractivity (Wildman–Crippen MR) is 121 cm³/mol. The molecule has 1 atom stereocenters. The minimum atomic E-state index is -0.725. The van der Waals surface area contributed by atoms with Crippen LogP contribution in [0.4, 0.5) is 14.9 Å². The van der Waals surface area contributed by atoms with Crippen LogP contribution in [0.5, 0.6) is 5.75 Å². The summed E-state index contributed by atoms with van der Waals surface area (Å²) in [5, 5.41) is 5.53. The van der Waals surface area contributed by atoms with Crippen LogP contribution in [0.15, 0.2) is 59.8 Å². The van der Waals surface area contributed by atoms with Crippen molar-refractivity contribution in [2.75, 3.05) is 51.8 Å². The first-order valence-electron chi connectivity index (χ1n) is 10.7. The Labute approximate surface area is 192 Å². The van der Waals surface area contributed by atoms with E-state index in [4.69, 9.17) is 9.47 Å². The summed E-state index contributed by atoms with van der Waals surface area (Å²) in [5.41, 5.74) is 2.45. The highest BCUT2D eigenvalue weighted by Crippen LogP contribution is 2.30. The van der Waals surface area contributed by atoms with E-state index in [-0.39, 0.29) is 0 Å². The van der Waals surface area contributed by atoms with Gasteiger partial charge < -0.3 is 25.0 Å². The molecule has 0 aliphatic carbocycles. The van der Waals surface area contributed by atoms with Gasteiger partial charge in [0.05, 0.1) is 31.5 Å². The minimum absolute atomic E-state index is 0.316. The number of esters is 1. The Morgan fingerprint density at radius 1 is 1.06 bits per heavy atom. The van der Waals surface area contributed by atoms with Crippen molar-refractivity contribution in [3.05, 3.63) is 71.2 Å². The maximum Gasteiger partial charge on any atom is 0.338 e. The normalized spacial score (nSPS) is 19.1. The van der Waals surface area contributed by atoms with E-state index in [1.165, 1.54) is 19.2 Å². The summed E-state index contributed by atoms with van der Waals surface area (Å²) in [7, 11) is 2.96. The second-order valence-electron chi connectivity index (χ2n) is 7.90. The average Bonchev–Trinajstić information content (AvgIpc) is 2.84. The number of ether oxygens (including phenoxy) is 2. The van der Waals surface area contributed by atoms with Gasteiger partial charge in [-0.05, 0) is 29.8 Å². The third-order valence-corrected chi connectivity index (χ3v) is 5.94. The van der Waals surface area contributed by atoms with Crippen molar-refractivity contribution in [1.29, 1.82) is 0 Å². The van der Waals surface area contributed by atoms with Crippen LogP contribution >= 0.6 is 0 Å². The number of piperazine rings is 1. The smallest absolute Gasteiger partial charge is 0.338 e. The highest BCUT2D eigenvalue weighted by molar-refractivity contribution is 5.95. The highest BCUT2D eigenvalue weighted by atomic mass is 19.1. The number of amides is 2. The van der Waals surface area contributed by atoms with Crippen LogP contribution in [-0.4, -0.2) is 63.8 Å². The van der Waals surface area contributed by atoms with Crippen molar-refractivity contribution in [3.63, 3.8) is 0 Å². The highest BCUT2D eigenvalue weighted by Gasteiger charge is 2.34. The van der Waals surface area contributed by atoms with Crippen molar-refractivity contribution in [1.82, 2.24) is 15.5 Å². The molecule has 174 valence electrons. The second-order valence-corrected chi connectivity index (χ2v) is 7.90. The molecule has 0 unspecified atom stereocenters. The van der Waals surface area contributed by atoms with Gasteiger partial charge in [-0.2, -0.15) is 0 Å². The van der Waals surface area contributed by atoms with Crippen LogP contribution in [-0.2, 0) is 9.53 Å². The van der Waals surface area contributed by atoms with Crippen LogP contribution in [0.3, 0.4) is 0 Å². The molecule has 2 N–H and O–H groups in total. The molecule has 33 heavy (non-hydrogen) atoms. The molecule has 4 rings (SSSR count). The lowest BCUT2D eigenvalue weighted by Crippen LogP contribution is -2.51. The lowest BCUT2D eigenvalue weighted by atomic mass is 9.95. The standard InChI is InChI=1S/C24H27FN4O4/c1-32-20-6-4-3-5-19(20)29-13-11-28(12-14-29)15-18-21(23(30)33-2)22(27-24(31)26-18)16-7-9-17(25)10-8-16/h3-10,22H,11-15H2,1-2H3,(H2,26,27,31)/t22-/m1/s1. The number of anilines is 1. The Hall–Kier alpha value is -3.59. The third kappa shape index (κ3) is 4.93. The van der Waals surface area contributed by atoms with Gasteiger partial charge in [-0.15, -0.1) is 0 Å². The molecule has 2 aliphatic rings. The number of methoxy groups -OCH3 is 2. The van der Waals surface area contributed by atoms with Crippen molar-refractivity contribution >= 4 is 17.7 Å². The number of hydrogen-bond donors (Lipinski definition) is 2. The number of carbonyl (C=O) groups is 2. The van der Waals surface area contributed by atoms with Crippen molar-refractivity contribution in [3.8, 4) is 5.75 Å². The summed E-state index contributed by atoms with van der Waals surface area (Å²) in [6.45, 7) is 3.40. The Bertz CT molecular complexity index is 1050. The monoisotopic (exact) mass is 454 g/mol. The van der Waals surface area contributed by atoms with Crippen LogP contribution in [0, 0.1) is 5.82 Å². The number of urea groups is 1. The first-order chi connectivity index (χ1) is 16.0. The molecule has 0 radical (unpaired) electrons.